The van der Waals surface area contributed by atoms with Gasteiger partial charge in [0.05, 0.1) is 12.1 Å². The Labute approximate surface area is 286 Å². The molecule has 0 aliphatic carbocycles. The van der Waals surface area contributed by atoms with Crippen LogP contribution < -0.4 is 10.2 Å². The Balaban J connectivity index is 1.36. The molecule has 7 nitrogen and oxygen atoms in total. The van der Waals surface area contributed by atoms with Crippen LogP contribution in [0.4, 0.5) is 11.5 Å². The molecule has 3 aliphatic heterocycles. The fraction of sp³-hybridized carbons (Fsp3) is 0.538. The summed E-state index contributed by atoms with van der Waals surface area (Å²) in [6.07, 6.45) is 6.94. The van der Waals surface area contributed by atoms with E-state index < -0.39 is 5.97 Å². The van der Waals surface area contributed by atoms with E-state index in [1.54, 1.807) is 0 Å². The smallest absolute Gasteiger partial charge is 0.307 e. The van der Waals surface area contributed by atoms with Crippen LogP contribution in [0, 0.1) is 19.3 Å². The molecule has 0 atom stereocenters. The van der Waals surface area contributed by atoms with E-state index in [0.29, 0.717) is 0 Å². The van der Waals surface area contributed by atoms with Crippen molar-refractivity contribution in [3.8, 4) is 11.1 Å². The lowest BCUT2D eigenvalue weighted by atomic mass is 9.82. The van der Waals surface area contributed by atoms with E-state index in [1.165, 1.54) is 41.5 Å². The number of hydrogen-bond acceptors (Lipinski definition) is 6. The summed E-state index contributed by atoms with van der Waals surface area (Å²) in [7, 11) is 0. The second-order valence-electron chi connectivity index (χ2n) is 14.8. The van der Waals surface area contributed by atoms with Gasteiger partial charge in [0.25, 0.3) is 0 Å². The first-order valence-corrected chi connectivity index (χ1v) is 18.0. The Morgan fingerprint density at radius 2 is 1.72 bits per heavy atom. The molecule has 0 bridgehead atoms. The number of halogens is 1. The summed E-state index contributed by atoms with van der Waals surface area (Å²) in [5, 5.41) is 14.6. The topological polar surface area (TPSA) is 71.9 Å². The zero-order valence-corrected chi connectivity index (χ0v) is 29.6. The Morgan fingerprint density at radius 1 is 0.957 bits per heavy atom. The van der Waals surface area contributed by atoms with Crippen molar-refractivity contribution in [3.63, 3.8) is 0 Å². The largest absolute Gasteiger partial charge is 0.481 e. The Kier molecular flexibility index (Phi) is 10.5. The molecule has 0 amide bonds. The van der Waals surface area contributed by atoms with Gasteiger partial charge in [-0.15, -0.1) is 0 Å². The Morgan fingerprint density at radius 3 is 2.45 bits per heavy atom. The van der Waals surface area contributed by atoms with E-state index in [1.807, 2.05) is 19.1 Å². The number of nitrogens with zero attached hydrogens (tertiary/aromatic N) is 4. The Hall–Kier alpha value is -3.13. The number of carboxylic acid groups (broad SMARTS) is 1. The highest BCUT2D eigenvalue weighted by atomic mass is 35.5. The number of carbonyl (C=O) groups is 1. The molecule has 0 spiro atoms. The molecule has 2 aromatic carbocycles. The summed E-state index contributed by atoms with van der Waals surface area (Å²) < 4.78 is 0. The molecule has 1 aromatic heterocycles. The average Bonchev–Trinajstić information content (AvgIpc) is 3.04. The van der Waals surface area contributed by atoms with Crippen molar-refractivity contribution < 1.29 is 9.90 Å². The maximum Gasteiger partial charge on any atom is 0.307 e. The van der Waals surface area contributed by atoms with Gasteiger partial charge < -0.3 is 20.2 Å². The van der Waals surface area contributed by atoms with Crippen LogP contribution in [0.25, 0.3) is 11.1 Å². The number of hydrogen-bond donors (Lipinski definition) is 2. The number of piperidine rings is 2. The molecular weight excluding hydrogens is 606 g/mol. The van der Waals surface area contributed by atoms with E-state index in [-0.39, 0.29) is 11.8 Å². The lowest BCUT2D eigenvalue weighted by molar-refractivity contribution is -0.136. The SMILES string of the molecule is Cc1cccc(Cl)c1CN1CCc2cc(-c3c(NCCN4CCCCC4)nc(C)c(CC(=O)O)c3N3CCC(C)(C)CC3)ccc2C1. The van der Waals surface area contributed by atoms with Crippen LogP contribution in [0.5, 0.6) is 0 Å². The number of benzene rings is 2. The van der Waals surface area contributed by atoms with Crippen LogP contribution >= 0.6 is 11.6 Å². The zero-order valence-electron chi connectivity index (χ0n) is 28.8. The minimum Gasteiger partial charge on any atom is -0.481 e. The van der Waals surface area contributed by atoms with Crippen LogP contribution in [-0.4, -0.2) is 71.7 Å². The summed E-state index contributed by atoms with van der Waals surface area (Å²) in [6.45, 7) is 17.4. The molecule has 6 rings (SSSR count). The van der Waals surface area contributed by atoms with Crippen LogP contribution in [-0.2, 0) is 30.7 Å². The van der Waals surface area contributed by atoms with Gasteiger partial charge in [-0.1, -0.05) is 62.2 Å². The first-order valence-electron chi connectivity index (χ1n) is 17.6. The highest BCUT2D eigenvalue weighted by molar-refractivity contribution is 6.31. The van der Waals surface area contributed by atoms with Crippen LogP contribution in [0.3, 0.4) is 0 Å². The van der Waals surface area contributed by atoms with E-state index in [2.05, 4.69) is 65.1 Å². The van der Waals surface area contributed by atoms with Gasteiger partial charge in [0.1, 0.15) is 5.82 Å². The van der Waals surface area contributed by atoms with Gasteiger partial charge in [0, 0.05) is 67.7 Å². The number of aliphatic carboxylic acids is 1. The maximum absolute atomic E-state index is 12.3. The maximum atomic E-state index is 12.3. The highest BCUT2D eigenvalue weighted by Crippen LogP contribution is 2.44. The summed E-state index contributed by atoms with van der Waals surface area (Å²) in [6, 6.07) is 13.0. The number of nitrogens with one attached hydrogen (secondary N) is 1. The standard InChI is InChI=1S/C39H52ClN5O2/c1-27-9-8-10-34(40)33(27)26-44-19-13-29-23-30(11-12-31(29)25-44)36-37(45-20-14-39(3,4)15-21-45)32(24-35(46)47)28(2)42-38(36)41-16-22-43-17-6-5-7-18-43/h8-12,23H,5-7,13-22,24-26H2,1-4H3,(H,41,42)(H,46,47). The summed E-state index contributed by atoms with van der Waals surface area (Å²) in [5.74, 6) is 0.0598. The van der Waals surface area contributed by atoms with Crippen molar-refractivity contribution >= 4 is 29.1 Å². The molecule has 47 heavy (non-hydrogen) atoms. The van der Waals surface area contributed by atoms with Crippen LogP contribution in [0.1, 0.15) is 79.5 Å². The lowest BCUT2D eigenvalue weighted by Crippen LogP contribution is -2.38. The number of pyridine rings is 1. The summed E-state index contributed by atoms with van der Waals surface area (Å²) in [5.41, 5.74) is 10.3. The first-order chi connectivity index (χ1) is 22.6. The molecule has 2 fully saturated rings. The van der Waals surface area contributed by atoms with Crippen molar-refractivity contribution in [2.45, 2.75) is 85.7 Å². The average molecular weight is 658 g/mol. The third kappa shape index (κ3) is 7.96. The number of anilines is 2. The highest BCUT2D eigenvalue weighted by Gasteiger charge is 2.31. The van der Waals surface area contributed by atoms with E-state index in [4.69, 9.17) is 16.6 Å². The Bertz CT molecular complexity index is 1570. The fourth-order valence-electron chi connectivity index (χ4n) is 7.68. The molecule has 4 heterocycles. The third-order valence-corrected chi connectivity index (χ3v) is 11.1. The fourth-order valence-corrected chi connectivity index (χ4v) is 7.96. The third-order valence-electron chi connectivity index (χ3n) is 10.7. The molecule has 3 aromatic rings. The van der Waals surface area contributed by atoms with Gasteiger partial charge >= 0.3 is 5.97 Å². The second kappa shape index (κ2) is 14.6. The molecule has 0 unspecified atom stereocenters. The van der Waals surface area contributed by atoms with Gasteiger partial charge in [-0.05, 0) is 98.3 Å². The monoisotopic (exact) mass is 657 g/mol. The minimum absolute atomic E-state index is 0.0313. The summed E-state index contributed by atoms with van der Waals surface area (Å²) >= 11 is 6.60. The van der Waals surface area contributed by atoms with Crippen LogP contribution in [0.2, 0.25) is 5.02 Å². The van der Waals surface area contributed by atoms with Crippen molar-refractivity contribution in [2.24, 2.45) is 5.41 Å². The molecule has 8 heteroatoms. The molecule has 0 saturated carbocycles. The van der Waals surface area contributed by atoms with Gasteiger partial charge in [-0.25, -0.2) is 4.98 Å². The number of carboxylic acids is 1. The number of aryl methyl sites for hydroxylation is 2. The van der Waals surface area contributed by atoms with Crippen molar-refractivity contribution in [2.75, 3.05) is 56.0 Å². The van der Waals surface area contributed by atoms with E-state index in [0.717, 1.165) is 117 Å². The first kappa shape index (κ1) is 33.8. The van der Waals surface area contributed by atoms with Crippen LogP contribution in [0.15, 0.2) is 36.4 Å². The molecule has 252 valence electrons. The van der Waals surface area contributed by atoms with E-state index in [9.17, 15) is 9.90 Å². The number of rotatable bonds is 10. The van der Waals surface area contributed by atoms with Gasteiger partial charge in [-0.2, -0.15) is 0 Å². The minimum atomic E-state index is -0.815. The second-order valence-corrected chi connectivity index (χ2v) is 15.2. The number of fused-ring (bicyclic) bond motifs is 1. The molecule has 2 N–H and O–H groups in total. The predicted octanol–water partition coefficient (Wildman–Crippen LogP) is 7.73. The number of likely N-dealkylation sites (tertiary alicyclic amines) is 1. The van der Waals surface area contributed by atoms with Gasteiger partial charge in [-0.3, -0.25) is 9.69 Å². The molecule has 3 aliphatic rings. The predicted molar refractivity (Wildman–Crippen MR) is 194 cm³/mol. The van der Waals surface area contributed by atoms with Crippen molar-refractivity contribution in [1.82, 2.24) is 14.8 Å². The molecule has 0 radical (unpaired) electrons. The summed E-state index contributed by atoms with van der Waals surface area (Å²) in [4.78, 5) is 24.9. The normalized spacial score (nSPS) is 18.6. The number of aromatic nitrogens is 1. The van der Waals surface area contributed by atoms with Crippen molar-refractivity contribution in [1.29, 1.82) is 0 Å². The van der Waals surface area contributed by atoms with Crippen molar-refractivity contribution in [3.05, 3.63) is 74.9 Å². The molecule has 2 saturated heterocycles. The van der Waals surface area contributed by atoms with Gasteiger partial charge in [0.2, 0.25) is 0 Å². The quantitative estimate of drug-likeness (QED) is 0.231. The lowest BCUT2D eigenvalue weighted by Gasteiger charge is -2.40. The molecular formula is C39H52ClN5O2. The van der Waals surface area contributed by atoms with Gasteiger partial charge in [0.15, 0.2) is 0 Å². The zero-order chi connectivity index (χ0) is 33.1. The van der Waals surface area contributed by atoms with E-state index >= 15 is 0 Å².